The highest BCUT2D eigenvalue weighted by Gasteiger charge is 2.36. The van der Waals surface area contributed by atoms with Gasteiger partial charge in [-0.1, -0.05) is 13.8 Å². The molecule has 0 saturated carbocycles. The molecule has 0 radical (unpaired) electrons. The highest BCUT2D eigenvalue weighted by atomic mass is 19.4. The average Bonchev–Trinajstić information content (AvgIpc) is 3.10. The number of aromatic nitrogens is 4. The molecule has 0 amide bonds. The van der Waals surface area contributed by atoms with Gasteiger partial charge in [0.05, 0.1) is 11.3 Å². The van der Waals surface area contributed by atoms with Crippen LogP contribution in [-0.2, 0) is 6.18 Å². The third kappa shape index (κ3) is 4.12. The predicted octanol–water partition coefficient (Wildman–Crippen LogP) is 4.25. The number of nitrogens with one attached hydrogen (secondary N) is 2. The molecular formula is C21H25F3N6. The van der Waals surface area contributed by atoms with Crippen LogP contribution in [0.3, 0.4) is 0 Å². The molecular weight excluding hydrogens is 393 g/mol. The minimum Gasteiger partial charge on any atom is -0.353 e. The van der Waals surface area contributed by atoms with Gasteiger partial charge in [-0.3, -0.25) is 5.10 Å². The molecule has 4 heterocycles. The van der Waals surface area contributed by atoms with E-state index in [1.54, 1.807) is 18.3 Å². The molecule has 2 atom stereocenters. The van der Waals surface area contributed by atoms with Gasteiger partial charge in [0, 0.05) is 36.8 Å². The number of aromatic amines is 1. The first-order valence-corrected chi connectivity index (χ1v) is 10.1. The van der Waals surface area contributed by atoms with Gasteiger partial charge >= 0.3 is 6.18 Å². The molecule has 0 spiro atoms. The lowest BCUT2D eigenvalue weighted by atomic mass is 10.00. The van der Waals surface area contributed by atoms with Crippen molar-refractivity contribution in [2.75, 3.05) is 18.0 Å². The van der Waals surface area contributed by atoms with Gasteiger partial charge in [0.1, 0.15) is 11.5 Å². The fourth-order valence-electron chi connectivity index (χ4n) is 4.15. The molecule has 0 bridgehead atoms. The number of rotatable bonds is 4. The van der Waals surface area contributed by atoms with E-state index in [4.69, 9.17) is 0 Å². The van der Waals surface area contributed by atoms with Crippen molar-refractivity contribution >= 4 is 16.9 Å². The number of hydrogen-bond acceptors (Lipinski definition) is 5. The summed E-state index contributed by atoms with van der Waals surface area (Å²) in [5.74, 6) is 1.06. The zero-order valence-electron chi connectivity index (χ0n) is 17.2. The monoisotopic (exact) mass is 418 g/mol. The molecule has 0 aliphatic carbocycles. The van der Waals surface area contributed by atoms with Gasteiger partial charge in [-0.15, -0.1) is 0 Å². The van der Waals surface area contributed by atoms with Crippen molar-refractivity contribution in [3.05, 3.63) is 36.0 Å². The van der Waals surface area contributed by atoms with Crippen molar-refractivity contribution in [2.24, 2.45) is 5.92 Å². The van der Waals surface area contributed by atoms with Gasteiger partial charge in [0.2, 0.25) is 0 Å². The quantitative estimate of drug-likeness (QED) is 0.663. The van der Waals surface area contributed by atoms with E-state index >= 15 is 0 Å². The maximum absolute atomic E-state index is 13.8. The Morgan fingerprint density at radius 1 is 1.20 bits per heavy atom. The molecule has 160 valence electrons. The van der Waals surface area contributed by atoms with Crippen LogP contribution in [0.5, 0.6) is 0 Å². The molecule has 9 heteroatoms. The van der Waals surface area contributed by atoms with Crippen LogP contribution >= 0.6 is 0 Å². The Bertz CT molecular complexity index is 1030. The van der Waals surface area contributed by atoms with Gasteiger partial charge in [-0.05, 0) is 43.5 Å². The van der Waals surface area contributed by atoms with Crippen LogP contribution in [0, 0.1) is 5.92 Å². The topological polar surface area (TPSA) is 69.7 Å². The number of fused-ring (bicyclic) bond motifs is 1. The van der Waals surface area contributed by atoms with Crippen molar-refractivity contribution < 1.29 is 13.2 Å². The molecule has 1 unspecified atom stereocenters. The van der Waals surface area contributed by atoms with Crippen LogP contribution in [0.4, 0.5) is 19.0 Å². The lowest BCUT2D eigenvalue weighted by molar-refractivity contribution is -0.137. The highest BCUT2D eigenvalue weighted by Crippen LogP contribution is 2.38. The molecule has 3 aromatic rings. The van der Waals surface area contributed by atoms with E-state index in [2.05, 4.69) is 51.2 Å². The number of nitrogens with zero attached hydrogens (tertiary/aromatic N) is 4. The molecule has 3 aromatic heterocycles. The van der Waals surface area contributed by atoms with E-state index in [1.807, 2.05) is 0 Å². The summed E-state index contributed by atoms with van der Waals surface area (Å²) >= 11 is 0. The number of alkyl halides is 3. The first-order valence-electron chi connectivity index (χ1n) is 10.1. The maximum atomic E-state index is 13.8. The molecule has 2 N–H and O–H groups in total. The Morgan fingerprint density at radius 2 is 2.00 bits per heavy atom. The van der Waals surface area contributed by atoms with Crippen molar-refractivity contribution in [1.29, 1.82) is 0 Å². The van der Waals surface area contributed by atoms with E-state index in [9.17, 15) is 13.2 Å². The second-order valence-corrected chi connectivity index (χ2v) is 8.34. The average molecular weight is 418 g/mol. The number of H-pyrrole nitrogens is 1. The Labute approximate surface area is 172 Å². The standard InChI is InChI=1S/C21H25F3N6/c1-12(2)9-14-11-30(10-13(3)26-14)17-7-6-16(21(22,23)24)19(27-17)18-15-5-4-8-25-20(15)29-28-18/h4-8,12-14,26H,9-11H2,1-3H3,(H,25,28,29)/t13-,14?/m1/s1. The summed E-state index contributed by atoms with van der Waals surface area (Å²) < 4.78 is 41.3. The molecule has 0 aromatic carbocycles. The van der Waals surface area contributed by atoms with Crippen molar-refractivity contribution in [1.82, 2.24) is 25.5 Å². The zero-order chi connectivity index (χ0) is 21.5. The van der Waals surface area contributed by atoms with Gasteiger partial charge < -0.3 is 10.2 Å². The van der Waals surface area contributed by atoms with Crippen LogP contribution in [0.2, 0.25) is 0 Å². The van der Waals surface area contributed by atoms with E-state index in [-0.39, 0.29) is 23.5 Å². The van der Waals surface area contributed by atoms with Gasteiger partial charge in [0.15, 0.2) is 5.65 Å². The van der Waals surface area contributed by atoms with Crippen LogP contribution < -0.4 is 10.2 Å². The maximum Gasteiger partial charge on any atom is 0.418 e. The molecule has 4 rings (SSSR count). The van der Waals surface area contributed by atoms with Crippen LogP contribution in [0.25, 0.3) is 22.4 Å². The Kier molecular flexibility index (Phi) is 5.40. The molecule has 1 saturated heterocycles. The Balaban J connectivity index is 1.77. The third-order valence-corrected chi connectivity index (χ3v) is 5.29. The van der Waals surface area contributed by atoms with Crippen LogP contribution in [0.15, 0.2) is 30.5 Å². The van der Waals surface area contributed by atoms with Crippen LogP contribution in [-0.4, -0.2) is 45.3 Å². The summed E-state index contributed by atoms with van der Waals surface area (Å²) in [6.07, 6.45) is -1.99. The zero-order valence-corrected chi connectivity index (χ0v) is 17.2. The Morgan fingerprint density at radius 3 is 2.73 bits per heavy atom. The number of hydrogen-bond donors (Lipinski definition) is 2. The normalized spacial score (nSPS) is 20.3. The lowest BCUT2D eigenvalue weighted by Gasteiger charge is -2.39. The van der Waals surface area contributed by atoms with E-state index in [0.717, 1.165) is 12.5 Å². The van der Waals surface area contributed by atoms with Crippen molar-refractivity contribution in [2.45, 2.75) is 45.5 Å². The van der Waals surface area contributed by atoms with Gasteiger partial charge in [-0.2, -0.15) is 18.3 Å². The van der Waals surface area contributed by atoms with E-state index in [1.165, 1.54) is 6.07 Å². The van der Waals surface area contributed by atoms with Crippen LogP contribution in [0.1, 0.15) is 32.8 Å². The summed E-state index contributed by atoms with van der Waals surface area (Å²) in [7, 11) is 0. The lowest BCUT2D eigenvalue weighted by Crippen LogP contribution is -2.56. The number of pyridine rings is 2. The molecule has 30 heavy (non-hydrogen) atoms. The van der Waals surface area contributed by atoms with E-state index < -0.39 is 11.7 Å². The fourth-order valence-corrected chi connectivity index (χ4v) is 4.15. The number of anilines is 1. The Hall–Kier alpha value is -2.68. The largest absolute Gasteiger partial charge is 0.418 e. The summed E-state index contributed by atoms with van der Waals surface area (Å²) in [4.78, 5) is 10.7. The molecule has 1 aliphatic heterocycles. The molecule has 1 fully saturated rings. The molecule has 6 nitrogen and oxygen atoms in total. The summed E-state index contributed by atoms with van der Waals surface area (Å²) in [5.41, 5.74) is -0.348. The molecule has 1 aliphatic rings. The van der Waals surface area contributed by atoms with E-state index in [0.29, 0.717) is 35.9 Å². The second-order valence-electron chi connectivity index (χ2n) is 8.34. The van der Waals surface area contributed by atoms with Gasteiger partial charge in [0.25, 0.3) is 0 Å². The van der Waals surface area contributed by atoms with Gasteiger partial charge in [-0.25, -0.2) is 9.97 Å². The highest BCUT2D eigenvalue weighted by molar-refractivity contribution is 5.90. The first kappa shape index (κ1) is 20.6. The summed E-state index contributed by atoms with van der Waals surface area (Å²) in [6, 6.07) is 6.43. The smallest absolute Gasteiger partial charge is 0.353 e. The summed E-state index contributed by atoms with van der Waals surface area (Å²) in [6.45, 7) is 7.79. The SMILES string of the molecule is CC(C)CC1CN(c2ccc(C(F)(F)F)c(-c3[nH]nc4ncccc34)n2)C[C@@H](C)N1. The first-order chi connectivity index (χ1) is 14.2. The second kappa shape index (κ2) is 7.86. The third-order valence-electron chi connectivity index (χ3n) is 5.29. The minimum absolute atomic E-state index is 0.151. The fraction of sp³-hybridized carbons (Fsp3) is 0.476. The minimum atomic E-state index is -4.53. The number of piperazine rings is 1. The number of halogens is 3. The predicted molar refractivity (Wildman–Crippen MR) is 110 cm³/mol. The van der Waals surface area contributed by atoms with Crippen molar-refractivity contribution in [3.8, 4) is 11.4 Å². The van der Waals surface area contributed by atoms with Crippen molar-refractivity contribution in [3.63, 3.8) is 0 Å². The summed E-state index contributed by atoms with van der Waals surface area (Å²) in [5, 5.41) is 10.8.